The molecular formula is C3H4N2OS2. The van der Waals surface area contributed by atoms with Crippen LogP contribution in [0.3, 0.4) is 0 Å². The van der Waals surface area contributed by atoms with Crippen molar-refractivity contribution in [3.8, 4) is 0 Å². The van der Waals surface area contributed by atoms with Gasteiger partial charge in [0.25, 0.3) is 0 Å². The van der Waals surface area contributed by atoms with Crippen molar-refractivity contribution in [3.63, 3.8) is 0 Å². The van der Waals surface area contributed by atoms with E-state index in [-0.39, 0.29) is 5.69 Å². The van der Waals surface area contributed by atoms with E-state index < -0.39 is 0 Å². The Balaban J connectivity index is 3.01. The van der Waals surface area contributed by atoms with Gasteiger partial charge in [0.1, 0.15) is 5.01 Å². The summed E-state index contributed by atoms with van der Waals surface area (Å²) in [6.45, 7) is 0. The van der Waals surface area contributed by atoms with Gasteiger partial charge in [0, 0.05) is 5.75 Å². The Morgan fingerprint density at radius 3 is 2.88 bits per heavy atom. The van der Waals surface area contributed by atoms with Crippen LogP contribution >= 0.6 is 24.2 Å². The Kier molecular flexibility index (Phi) is 1.69. The molecule has 8 heavy (non-hydrogen) atoms. The molecule has 0 aromatic carbocycles. The summed E-state index contributed by atoms with van der Waals surface area (Å²) in [6.07, 6.45) is 0. The van der Waals surface area contributed by atoms with Gasteiger partial charge >= 0.3 is 5.69 Å². The molecule has 0 atom stereocenters. The summed E-state index contributed by atoms with van der Waals surface area (Å²) >= 11 is 5.14. The van der Waals surface area contributed by atoms with Crippen molar-refractivity contribution < 1.29 is 0 Å². The molecule has 1 heterocycles. The first-order valence-electron chi connectivity index (χ1n) is 1.98. The highest BCUT2D eigenvalue weighted by Gasteiger charge is 1.92. The summed E-state index contributed by atoms with van der Waals surface area (Å²) in [5.41, 5.74) is -0.279. The number of nitrogens with zero attached hydrogens (tertiary/aromatic N) is 1. The van der Waals surface area contributed by atoms with Crippen molar-refractivity contribution in [2.45, 2.75) is 5.75 Å². The van der Waals surface area contributed by atoms with Crippen molar-refractivity contribution in [3.05, 3.63) is 15.5 Å². The lowest BCUT2D eigenvalue weighted by Crippen LogP contribution is -2.00. The predicted molar refractivity (Wildman–Crippen MR) is 35.4 cm³/mol. The molecule has 1 rings (SSSR count). The van der Waals surface area contributed by atoms with Gasteiger partial charge < -0.3 is 0 Å². The smallest absolute Gasteiger partial charge is 0.260 e. The Labute approximate surface area is 55.3 Å². The summed E-state index contributed by atoms with van der Waals surface area (Å²) in [5.74, 6) is 0.531. The molecule has 0 aliphatic heterocycles. The number of rotatable bonds is 1. The standard InChI is InChI=1S/C3H4N2OS2/c6-3-4-2(1-7)8-5-3/h7H,1H2,(H,5,6). The molecule has 0 aliphatic carbocycles. The number of aromatic amines is 1. The number of aromatic nitrogens is 2. The molecule has 3 nitrogen and oxygen atoms in total. The van der Waals surface area contributed by atoms with Crippen molar-refractivity contribution >= 4 is 24.2 Å². The molecule has 5 heteroatoms. The van der Waals surface area contributed by atoms with E-state index in [4.69, 9.17) is 0 Å². The molecule has 1 aromatic heterocycles. The van der Waals surface area contributed by atoms with Gasteiger partial charge in [0.2, 0.25) is 0 Å². The molecule has 0 fully saturated rings. The molecule has 1 aromatic rings. The van der Waals surface area contributed by atoms with Crippen LogP contribution in [0.25, 0.3) is 0 Å². The summed E-state index contributed by atoms with van der Waals surface area (Å²) in [7, 11) is 0. The first-order valence-corrected chi connectivity index (χ1v) is 3.43. The van der Waals surface area contributed by atoms with Gasteiger partial charge in [-0.25, -0.2) is 4.79 Å². The second-order valence-electron chi connectivity index (χ2n) is 1.17. The topological polar surface area (TPSA) is 45.8 Å². The van der Waals surface area contributed by atoms with Gasteiger partial charge in [-0.1, -0.05) is 0 Å². The summed E-state index contributed by atoms with van der Waals surface area (Å²) in [6, 6.07) is 0. The third kappa shape index (κ3) is 1.10. The Hall–Kier alpha value is -0.290. The molecule has 0 aliphatic rings. The second-order valence-corrected chi connectivity index (χ2v) is 2.37. The van der Waals surface area contributed by atoms with Crippen LogP contribution in [0.2, 0.25) is 0 Å². The van der Waals surface area contributed by atoms with Crippen LogP contribution in [0.1, 0.15) is 5.01 Å². The van der Waals surface area contributed by atoms with E-state index in [1.165, 1.54) is 11.5 Å². The van der Waals surface area contributed by atoms with E-state index in [0.717, 1.165) is 5.01 Å². The number of hydrogen-bond donors (Lipinski definition) is 2. The van der Waals surface area contributed by atoms with Gasteiger partial charge in [-0.05, 0) is 11.5 Å². The first kappa shape index (κ1) is 5.84. The monoisotopic (exact) mass is 148 g/mol. The zero-order valence-corrected chi connectivity index (χ0v) is 5.63. The maximum absolute atomic E-state index is 10.3. The number of nitrogens with one attached hydrogen (secondary N) is 1. The average Bonchev–Trinajstić information content (AvgIpc) is 2.14. The lowest BCUT2D eigenvalue weighted by atomic mass is 10.8. The fourth-order valence-corrected chi connectivity index (χ4v) is 1.04. The van der Waals surface area contributed by atoms with Crippen LogP contribution in [0.5, 0.6) is 0 Å². The highest BCUT2D eigenvalue weighted by atomic mass is 32.1. The van der Waals surface area contributed by atoms with Crippen molar-refractivity contribution in [1.82, 2.24) is 9.36 Å². The second kappa shape index (κ2) is 2.32. The van der Waals surface area contributed by atoms with Gasteiger partial charge in [-0.15, -0.1) is 0 Å². The molecule has 1 N–H and O–H groups in total. The van der Waals surface area contributed by atoms with Gasteiger partial charge in [0.05, 0.1) is 0 Å². The summed E-state index contributed by atoms with van der Waals surface area (Å²) < 4.78 is 2.45. The lowest BCUT2D eigenvalue weighted by Gasteiger charge is -1.74. The van der Waals surface area contributed by atoms with Gasteiger partial charge in [-0.3, -0.25) is 4.37 Å². The van der Waals surface area contributed by atoms with E-state index in [0.29, 0.717) is 5.75 Å². The van der Waals surface area contributed by atoms with Gasteiger partial charge in [-0.2, -0.15) is 17.6 Å². The zero-order valence-electron chi connectivity index (χ0n) is 3.92. The highest BCUT2D eigenvalue weighted by Crippen LogP contribution is 1.98. The Morgan fingerprint density at radius 2 is 2.62 bits per heavy atom. The number of thiol groups is 1. The van der Waals surface area contributed by atoms with Crippen LogP contribution in [-0.2, 0) is 5.75 Å². The van der Waals surface area contributed by atoms with Crippen molar-refractivity contribution in [1.29, 1.82) is 0 Å². The molecular weight excluding hydrogens is 144 g/mol. The van der Waals surface area contributed by atoms with Crippen molar-refractivity contribution in [2.75, 3.05) is 0 Å². The SMILES string of the molecule is O=c1nc(CS)s[nH]1. The normalized spacial score (nSPS) is 9.62. The van der Waals surface area contributed by atoms with E-state index in [9.17, 15) is 4.79 Å². The zero-order chi connectivity index (χ0) is 5.98. The molecule has 0 spiro atoms. The number of H-pyrrole nitrogens is 1. The minimum atomic E-state index is -0.279. The minimum absolute atomic E-state index is 0.279. The first-order chi connectivity index (χ1) is 3.83. The fraction of sp³-hybridized carbons (Fsp3) is 0.333. The van der Waals surface area contributed by atoms with Crippen LogP contribution in [-0.4, -0.2) is 9.36 Å². The minimum Gasteiger partial charge on any atom is -0.260 e. The molecule has 0 saturated carbocycles. The molecule has 0 radical (unpaired) electrons. The van der Waals surface area contributed by atoms with Crippen LogP contribution in [0, 0.1) is 0 Å². The van der Waals surface area contributed by atoms with E-state index in [1.807, 2.05) is 0 Å². The summed E-state index contributed by atoms with van der Waals surface area (Å²) in [5, 5.41) is 0.735. The molecule has 0 saturated heterocycles. The predicted octanol–water partition coefficient (Wildman–Crippen LogP) is 0.261. The third-order valence-corrected chi connectivity index (χ3v) is 1.88. The largest absolute Gasteiger partial charge is 0.355 e. The van der Waals surface area contributed by atoms with E-state index >= 15 is 0 Å². The van der Waals surface area contributed by atoms with Crippen molar-refractivity contribution in [2.24, 2.45) is 0 Å². The maximum Gasteiger partial charge on any atom is 0.355 e. The highest BCUT2D eigenvalue weighted by molar-refractivity contribution is 7.79. The molecule has 0 amide bonds. The summed E-state index contributed by atoms with van der Waals surface area (Å²) in [4.78, 5) is 13.8. The van der Waals surface area contributed by atoms with E-state index in [1.54, 1.807) is 0 Å². The molecule has 0 bridgehead atoms. The Morgan fingerprint density at radius 1 is 1.88 bits per heavy atom. The molecule has 0 unspecified atom stereocenters. The van der Waals surface area contributed by atoms with Crippen LogP contribution in [0.4, 0.5) is 0 Å². The maximum atomic E-state index is 10.3. The average molecular weight is 148 g/mol. The lowest BCUT2D eigenvalue weighted by molar-refractivity contribution is 1.15. The quantitative estimate of drug-likeness (QED) is 0.561. The van der Waals surface area contributed by atoms with Crippen LogP contribution in [0.15, 0.2) is 4.79 Å². The fourth-order valence-electron chi connectivity index (χ4n) is 0.329. The third-order valence-electron chi connectivity index (χ3n) is 0.618. The van der Waals surface area contributed by atoms with Gasteiger partial charge in [0.15, 0.2) is 0 Å². The van der Waals surface area contributed by atoms with Crippen LogP contribution < -0.4 is 5.69 Å². The number of hydrogen-bond acceptors (Lipinski definition) is 4. The molecule has 44 valence electrons. The van der Waals surface area contributed by atoms with E-state index in [2.05, 4.69) is 22.0 Å². The Bertz CT molecular complexity index is 215.